The molecule has 5 nitrogen and oxygen atoms in total. The van der Waals surface area contributed by atoms with Crippen LogP contribution in [0.3, 0.4) is 0 Å². The van der Waals surface area contributed by atoms with Crippen LogP contribution in [0.1, 0.15) is 46.1 Å². The molecule has 1 amide bonds. The predicted octanol–water partition coefficient (Wildman–Crippen LogP) is 7.03. The first-order valence-electron chi connectivity index (χ1n) is 13.4. The number of aromatic hydroxyl groups is 1. The maximum absolute atomic E-state index is 14.4. The van der Waals surface area contributed by atoms with Crippen molar-refractivity contribution in [2.24, 2.45) is 0 Å². The Morgan fingerprint density at radius 2 is 1.62 bits per heavy atom. The van der Waals surface area contributed by atoms with Crippen molar-refractivity contribution in [1.29, 1.82) is 0 Å². The van der Waals surface area contributed by atoms with E-state index in [-0.39, 0.29) is 11.7 Å². The fraction of sp³-hybridized carbons (Fsp3) is 0.182. The van der Waals surface area contributed by atoms with E-state index in [1.807, 2.05) is 42.5 Å². The van der Waals surface area contributed by atoms with Gasteiger partial charge in [-0.15, -0.1) is 0 Å². The lowest BCUT2D eigenvalue weighted by Crippen LogP contribution is -2.30. The summed E-state index contributed by atoms with van der Waals surface area (Å²) in [6.07, 6.45) is 2.47. The van der Waals surface area contributed by atoms with Crippen LogP contribution in [0, 0.1) is 5.82 Å². The Morgan fingerprint density at radius 3 is 2.41 bits per heavy atom. The summed E-state index contributed by atoms with van der Waals surface area (Å²) < 4.78 is 14.4. The monoisotopic (exact) mass is 517 g/mol. The van der Waals surface area contributed by atoms with E-state index in [0.29, 0.717) is 17.7 Å². The first-order chi connectivity index (χ1) is 19.0. The number of phenols is 1. The Hall–Kier alpha value is -4.58. The highest BCUT2D eigenvalue weighted by molar-refractivity contribution is 6.00. The molecule has 0 aliphatic carbocycles. The summed E-state index contributed by atoms with van der Waals surface area (Å²) in [6, 6.07) is 27.6. The van der Waals surface area contributed by atoms with Gasteiger partial charge in [-0.05, 0) is 83.4 Å². The number of anilines is 1. The zero-order chi connectivity index (χ0) is 26.5. The molecule has 39 heavy (non-hydrogen) atoms. The van der Waals surface area contributed by atoms with Gasteiger partial charge >= 0.3 is 0 Å². The number of nitrogens with zero attached hydrogens (tertiary/aromatic N) is 2. The van der Waals surface area contributed by atoms with Crippen molar-refractivity contribution in [2.45, 2.75) is 25.4 Å². The van der Waals surface area contributed by atoms with Gasteiger partial charge in [0.1, 0.15) is 17.6 Å². The topological polar surface area (TPSA) is 59.6 Å². The molecular formula is C33H28FN3O2. The van der Waals surface area contributed by atoms with E-state index in [0.717, 1.165) is 46.4 Å². The number of fused-ring (bicyclic) bond motifs is 2. The van der Waals surface area contributed by atoms with Crippen molar-refractivity contribution < 1.29 is 14.3 Å². The van der Waals surface area contributed by atoms with Gasteiger partial charge in [-0.25, -0.2) is 4.39 Å². The smallest absolute Gasteiger partial charge is 0.255 e. The minimum absolute atomic E-state index is 0.0532. The molecule has 194 valence electrons. The van der Waals surface area contributed by atoms with Crippen LogP contribution in [-0.2, 0) is 6.54 Å². The zero-order valence-electron chi connectivity index (χ0n) is 21.4. The van der Waals surface area contributed by atoms with Crippen molar-refractivity contribution in [1.82, 2.24) is 9.88 Å². The molecule has 0 saturated carbocycles. The summed E-state index contributed by atoms with van der Waals surface area (Å²) in [6.45, 7) is 2.56. The fourth-order valence-corrected chi connectivity index (χ4v) is 6.04. The number of halogens is 1. The van der Waals surface area contributed by atoms with Crippen molar-refractivity contribution in [3.8, 4) is 16.9 Å². The van der Waals surface area contributed by atoms with Gasteiger partial charge in [-0.1, -0.05) is 42.5 Å². The Labute approximate surface area is 226 Å². The lowest BCUT2D eigenvalue weighted by Gasteiger charge is -2.28. The average Bonchev–Trinajstić information content (AvgIpc) is 3.71. The zero-order valence-corrected chi connectivity index (χ0v) is 21.4. The van der Waals surface area contributed by atoms with Crippen LogP contribution in [0.15, 0.2) is 91.0 Å². The third-order valence-corrected chi connectivity index (χ3v) is 8.05. The van der Waals surface area contributed by atoms with E-state index in [1.54, 1.807) is 4.90 Å². The lowest BCUT2D eigenvalue weighted by atomic mass is 10.00. The molecule has 0 bridgehead atoms. The second-order valence-corrected chi connectivity index (χ2v) is 10.5. The molecule has 1 atom stereocenters. The summed E-state index contributed by atoms with van der Waals surface area (Å²) in [4.78, 5) is 21.5. The van der Waals surface area contributed by atoms with E-state index >= 15 is 0 Å². The summed E-state index contributed by atoms with van der Waals surface area (Å²) in [5, 5.41) is 11.8. The molecule has 1 fully saturated rings. The normalized spacial score (nSPS) is 15.8. The fourth-order valence-electron chi connectivity index (χ4n) is 6.04. The number of rotatable bonds is 5. The number of H-pyrrole nitrogens is 1. The number of hydrogen-bond donors (Lipinski definition) is 2. The summed E-state index contributed by atoms with van der Waals surface area (Å²) in [5.41, 5.74) is 6.79. The number of carbonyl (C=O) groups excluding carboxylic acids is 1. The van der Waals surface area contributed by atoms with Crippen LogP contribution in [0.25, 0.3) is 22.0 Å². The second-order valence-electron chi connectivity index (χ2n) is 10.5. The largest absolute Gasteiger partial charge is 0.508 e. The molecule has 0 spiro atoms. The molecule has 2 aliphatic rings. The van der Waals surface area contributed by atoms with Gasteiger partial charge < -0.3 is 19.9 Å². The van der Waals surface area contributed by atoms with E-state index < -0.39 is 11.9 Å². The number of phenolic OH excluding ortho intramolecular Hbond substituents is 1. The minimum Gasteiger partial charge on any atom is -0.508 e. The first-order valence-corrected chi connectivity index (χ1v) is 13.4. The maximum Gasteiger partial charge on any atom is 0.255 e. The Balaban J connectivity index is 1.25. The molecule has 2 aliphatic heterocycles. The van der Waals surface area contributed by atoms with Crippen LogP contribution < -0.4 is 4.90 Å². The highest BCUT2D eigenvalue weighted by atomic mass is 19.1. The van der Waals surface area contributed by atoms with Gasteiger partial charge in [0.15, 0.2) is 0 Å². The summed E-state index contributed by atoms with van der Waals surface area (Å²) in [7, 11) is 0. The van der Waals surface area contributed by atoms with E-state index in [2.05, 4.69) is 40.2 Å². The maximum atomic E-state index is 14.4. The summed E-state index contributed by atoms with van der Waals surface area (Å²) >= 11 is 0. The predicted molar refractivity (Wildman–Crippen MR) is 151 cm³/mol. The minimum atomic E-state index is -0.684. The molecule has 1 aromatic heterocycles. The molecule has 7 rings (SSSR count). The Morgan fingerprint density at radius 1 is 0.846 bits per heavy atom. The number of benzene rings is 4. The third kappa shape index (κ3) is 4.13. The number of nitrogens with one attached hydrogen (secondary N) is 1. The van der Waals surface area contributed by atoms with Crippen molar-refractivity contribution in [3.05, 3.63) is 119 Å². The van der Waals surface area contributed by atoms with E-state index in [9.17, 15) is 14.3 Å². The summed E-state index contributed by atoms with van der Waals surface area (Å²) in [5.74, 6) is -0.664. The quantitative estimate of drug-likeness (QED) is 0.263. The number of para-hydroxylation sites is 1. The molecular weight excluding hydrogens is 489 g/mol. The van der Waals surface area contributed by atoms with Crippen molar-refractivity contribution in [3.63, 3.8) is 0 Å². The molecule has 4 aromatic carbocycles. The third-order valence-electron chi connectivity index (χ3n) is 8.05. The highest BCUT2D eigenvalue weighted by Gasteiger charge is 2.37. The standard InChI is InChI=1S/C33H28FN3O2/c34-25-11-14-31(38)28(19-25)32(30-18-23-5-1-2-6-29(23)35-30)37-20-24-8-7-22(17-27(24)33(37)39)21-9-12-26(13-10-21)36-15-3-4-16-36/h1-2,5-14,17-19,32,35,38H,3-4,15-16,20H2. The van der Waals surface area contributed by atoms with Gasteiger partial charge in [0.05, 0.1) is 0 Å². The molecule has 6 heteroatoms. The number of amides is 1. The number of carbonyl (C=O) groups is 1. The van der Waals surface area contributed by atoms with Crippen LogP contribution in [0.2, 0.25) is 0 Å². The SMILES string of the molecule is O=C1c2cc(-c3ccc(N4CCCC4)cc3)ccc2CN1C(c1cc2ccccc2[nH]1)c1cc(F)ccc1O. The van der Waals surface area contributed by atoms with E-state index in [4.69, 9.17) is 0 Å². The van der Waals surface area contributed by atoms with Crippen LogP contribution in [0.4, 0.5) is 10.1 Å². The van der Waals surface area contributed by atoms with E-state index in [1.165, 1.54) is 36.7 Å². The lowest BCUT2D eigenvalue weighted by molar-refractivity contribution is 0.0726. The van der Waals surface area contributed by atoms with Gasteiger partial charge in [0, 0.05) is 47.7 Å². The number of aromatic nitrogens is 1. The Bertz CT molecular complexity index is 1670. The van der Waals surface area contributed by atoms with Crippen LogP contribution in [0.5, 0.6) is 5.75 Å². The van der Waals surface area contributed by atoms with Crippen LogP contribution >= 0.6 is 0 Å². The average molecular weight is 518 g/mol. The van der Waals surface area contributed by atoms with Crippen molar-refractivity contribution in [2.75, 3.05) is 18.0 Å². The van der Waals surface area contributed by atoms with Crippen LogP contribution in [-0.4, -0.2) is 34.0 Å². The van der Waals surface area contributed by atoms with Gasteiger partial charge in [0.2, 0.25) is 0 Å². The Kier molecular flexibility index (Phi) is 5.62. The molecule has 2 N–H and O–H groups in total. The first kappa shape index (κ1) is 23.5. The van der Waals surface area contributed by atoms with Gasteiger partial charge in [-0.3, -0.25) is 4.79 Å². The van der Waals surface area contributed by atoms with Crippen molar-refractivity contribution >= 4 is 22.5 Å². The number of hydrogen-bond acceptors (Lipinski definition) is 3. The second kappa shape index (κ2) is 9.31. The molecule has 1 saturated heterocycles. The molecule has 0 radical (unpaired) electrons. The van der Waals surface area contributed by atoms with Gasteiger partial charge in [-0.2, -0.15) is 0 Å². The highest BCUT2D eigenvalue weighted by Crippen LogP contribution is 2.41. The number of aromatic amines is 1. The van der Waals surface area contributed by atoms with Gasteiger partial charge in [0.25, 0.3) is 5.91 Å². The molecule has 5 aromatic rings. The molecule has 3 heterocycles. The molecule has 1 unspecified atom stereocenters.